The highest BCUT2D eigenvalue weighted by Crippen LogP contribution is 2.25. The van der Waals surface area contributed by atoms with Crippen molar-refractivity contribution in [3.63, 3.8) is 0 Å². The van der Waals surface area contributed by atoms with Crippen molar-refractivity contribution in [2.75, 3.05) is 7.05 Å². The minimum Gasteiger partial charge on any atom is -0.358 e. The van der Waals surface area contributed by atoms with Crippen molar-refractivity contribution in [3.8, 4) is 0 Å². The fraction of sp³-hybridized carbons (Fsp3) is 0.240. The molecule has 3 aromatic rings. The van der Waals surface area contributed by atoms with Crippen molar-refractivity contribution in [1.29, 1.82) is 0 Å². The van der Waals surface area contributed by atoms with Crippen molar-refractivity contribution in [3.05, 3.63) is 107 Å². The average Bonchev–Trinajstić information content (AvgIpc) is 2.74. The lowest BCUT2D eigenvalue weighted by Crippen LogP contribution is -2.26. The van der Waals surface area contributed by atoms with E-state index in [2.05, 4.69) is 59.9 Å². The first-order chi connectivity index (χ1) is 13.3. The van der Waals surface area contributed by atoms with Gasteiger partial charge >= 0.3 is 0 Å². The molecule has 1 amide bonds. The van der Waals surface area contributed by atoms with Crippen molar-refractivity contribution < 1.29 is 4.79 Å². The third-order valence-electron chi connectivity index (χ3n) is 4.98. The molecule has 0 saturated heterocycles. The summed E-state index contributed by atoms with van der Waals surface area (Å²) in [6.45, 7) is 0. The van der Waals surface area contributed by atoms with Gasteiger partial charge in [-0.2, -0.15) is 0 Å². The molecule has 0 saturated carbocycles. The summed E-state index contributed by atoms with van der Waals surface area (Å²) in [6, 6.07) is 29.1. The van der Waals surface area contributed by atoms with E-state index < -0.39 is 0 Å². The highest BCUT2D eigenvalue weighted by atomic mass is 16.1. The van der Waals surface area contributed by atoms with Gasteiger partial charge in [0, 0.05) is 7.05 Å². The van der Waals surface area contributed by atoms with Crippen LogP contribution in [0.1, 0.15) is 41.0 Å². The SMILES string of the molecule is CNC(=O)C(c1ccccc1)c1ccc(CCCCc2ccccc2)cc1. The second-order valence-corrected chi connectivity index (χ2v) is 6.89. The van der Waals surface area contributed by atoms with Crippen LogP contribution in [0.4, 0.5) is 0 Å². The number of unbranched alkanes of at least 4 members (excludes halogenated alkanes) is 1. The van der Waals surface area contributed by atoms with Crippen LogP contribution in [0.5, 0.6) is 0 Å². The van der Waals surface area contributed by atoms with Gasteiger partial charge in [0.15, 0.2) is 0 Å². The number of hydrogen-bond acceptors (Lipinski definition) is 1. The molecule has 1 N–H and O–H groups in total. The predicted molar refractivity (Wildman–Crippen MR) is 112 cm³/mol. The van der Waals surface area contributed by atoms with Crippen LogP contribution < -0.4 is 5.32 Å². The van der Waals surface area contributed by atoms with Crippen molar-refractivity contribution >= 4 is 5.91 Å². The van der Waals surface area contributed by atoms with E-state index in [9.17, 15) is 4.79 Å². The van der Waals surface area contributed by atoms with Gasteiger partial charge in [-0.1, -0.05) is 84.9 Å². The number of aryl methyl sites for hydroxylation is 2. The van der Waals surface area contributed by atoms with E-state index in [4.69, 9.17) is 0 Å². The number of likely N-dealkylation sites (N-methyl/N-ethyl adjacent to an activating group) is 1. The Bertz CT molecular complexity index is 825. The molecule has 0 bridgehead atoms. The predicted octanol–water partition coefficient (Wildman–Crippen LogP) is 5.13. The number of carbonyl (C=O) groups is 1. The van der Waals surface area contributed by atoms with Crippen LogP contribution in [0.3, 0.4) is 0 Å². The van der Waals surface area contributed by atoms with E-state index in [-0.39, 0.29) is 11.8 Å². The molecule has 2 nitrogen and oxygen atoms in total. The summed E-state index contributed by atoms with van der Waals surface area (Å²) in [5.41, 5.74) is 4.79. The standard InChI is InChI=1S/C25H27NO/c1-26-25(27)24(22-14-6-3-7-15-22)23-18-16-21(17-19-23)13-9-8-12-20-10-4-2-5-11-20/h2-7,10-11,14-19,24H,8-9,12-13H2,1H3,(H,26,27). The highest BCUT2D eigenvalue weighted by molar-refractivity contribution is 5.86. The number of hydrogen-bond donors (Lipinski definition) is 1. The first-order valence-electron chi connectivity index (χ1n) is 9.67. The molecule has 27 heavy (non-hydrogen) atoms. The maximum absolute atomic E-state index is 12.4. The van der Waals surface area contributed by atoms with Gasteiger partial charge in [-0.25, -0.2) is 0 Å². The van der Waals surface area contributed by atoms with Gasteiger partial charge in [-0.05, 0) is 47.9 Å². The molecule has 0 aliphatic rings. The smallest absolute Gasteiger partial charge is 0.231 e. The fourth-order valence-corrected chi connectivity index (χ4v) is 3.46. The molecule has 0 radical (unpaired) electrons. The first kappa shape index (κ1) is 18.9. The summed E-state index contributed by atoms with van der Waals surface area (Å²) in [4.78, 5) is 12.4. The van der Waals surface area contributed by atoms with Crippen molar-refractivity contribution in [1.82, 2.24) is 5.32 Å². The molecule has 138 valence electrons. The van der Waals surface area contributed by atoms with Crippen LogP contribution >= 0.6 is 0 Å². The Kier molecular flexibility index (Phi) is 6.81. The molecule has 0 heterocycles. The Morgan fingerprint density at radius 2 is 1.19 bits per heavy atom. The van der Waals surface area contributed by atoms with Gasteiger partial charge in [0.2, 0.25) is 5.91 Å². The van der Waals surface area contributed by atoms with E-state index in [1.54, 1.807) is 7.05 Å². The molecule has 1 unspecified atom stereocenters. The summed E-state index contributed by atoms with van der Waals surface area (Å²) in [5.74, 6) is -0.236. The molecule has 3 rings (SSSR count). The topological polar surface area (TPSA) is 29.1 Å². The lowest BCUT2D eigenvalue weighted by Gasteiger charge is -2.17. The molecule has 0 fully saturated rings. The molecule has 0 spiro atoms. The number of amides is 1. The zero-order valence-corrected chi connectivity index (χ0v) is 15.9. The molecule has 1 atom stereocenters. The van der Waals surface area contributed by atoms with Gasteiger partial charge in [0.05, 0.1) is 5.92 Å². The first-order valence-corrected chi connectivity index (χ1v) is 9.67. The second kappa shape index (κ2) is 9.72. The van der Waals surface area contributed by atoms with Crippen LogP contribution in [-0.4, -0.2) is 13.0 Å². The molecule has 0 aliphatic heterocycles. The Balaban J connectivity index is 1.60. The Labute approximate surface area is 162 Å². The van der Waals surface area contributed by atoms with Crippen LogP contribution in [0.2, 0.25) is 0 Å². The maximum atomic E-state index is 12.4. The van der Waals surface area contributed by atoms with Crippen molar-refractivity contribution in [2.45, 2.75) is 31.6 Å². The monoisotopic (exact) mass is 357 g/mol. The Morgan fingerprint density at radius 1 is 0.704 bits per heavy atom. The largest absolute Gasteiger partial charge is 0.358 e. The molecular weight excluding hydrogens is 330 g/mol. The van der Waals surface area contributed by atoms with E-state index in [0.717, 1.165) is 24.0 Å². The summed E-state index contributed by atoms with van der Waals surface area (Å²) in [5, 5.41) is 2.80. The molecule has 2 heteroatoms. The van der Waals surface area contributed by atoms with Crippen molar-refractivity contribution in [2.24, 2.45) is 0 Å². The van der Waals surface area contributed by atoms with Gasteiger partial charge in [-0.15, -0.1) is 0 Å². The van der Waals surface area contributed by atoms with E-state index >= 15 is 0 Å². The van der Waals surface area contributed by atoms with E-state index in [1.165, 1.54) is 24.0 Å². The lowest BCUT2D eigenvalue weighted by atomic mass is 9.89. The quantitative estimate of drug-likeness (QED) is 0.556. The van der Waals surface area contributed by atoms with Gasteiger partial charge in [-0.3, -0.25) is 4.79 Å². The summed E-state index contributed by atoms with van der Waals surface area (Å²) in [6.07, 6.45) is 4.57. The Hall–Kier alpha value is -2.87. The third-order valence-corrected chi connectivity index (χ3v) is 4.98. The summed E-state index contributed by atoms with van der Waals surface area (Å²) >= 11 is 0. The number of rotatable bonds is 8. The molecule has 3 aromatic carbocycles. The normalized spacial score (nSPS) is 11.7. The van der Waals surface area contributed by atoms with Gasteiger partial charge < -0.3 is 5.32 Å². The molecule has 0 aromatic heterocycles. The number of benzene rings is 3. The molecular formula is C25H27NO. The average molecular weight is 357 g/mol. The number of carbonyl (C=O) groups excluding carboxylic acids is 1. The van der Waals surface area contributed by atoms with E-state index in [1.807, 2.05) is 30.3 Å². The van der Waals surface area contributed by atoms with Crippen LogP contribution in [0, 0.1) is 0 Å². The molecule has 0 aliphatic carbocycles. The summed E-state index contributed by atoms with van der Waals surface area (Å²) < 4.78 is 0. The van der Waals surface area contributed by atoms with Crippen LogP contribution in [-0.2, 0) is 17.6 Å². The highest BCUT2D eigenvalue weighted by Gasteiger charge is 2.21. The fourth-order valence-electron chi connectivity index (χ4n) is 3.46. The van der Waals surface area contributed by atoms with Crippen LogP contribution in [0.15, 0.2) is 84.9 Å². The minimum atomic E-state index is -0.261. The third kappa shape index (κ3) is 5.30. The zero-order valence-electron chi connectivity index (χ0n) is 15.9. The van der Waals surface area contributed by atoms with Crippen LogP contribution in [0.25, 0.3) is 0 Å². The van der Waals surface area contributed by atoms with E-state index in [0.29, 0.717) is 0 Å². The maximum Gasteiger partial charge on any atom is 0.231 e. The second-order valence-electron chi connectivity index (χ2n) is 6.89. The zero-order chi connectivity index (χ0) is 18.9. The minimum absolute atomic E-state index is 0.0248. The lowest BCUT2D eigenvalue weighted by molar-refractivity contribution is -0.121. The number of nitrogens with one attached hydrogen (secondary N) is 1. The van der Waals surface area contributed by atoms with Gasteiger partial charge in [0.25, 0.3) is 0 Å². The summed E-state index contributed by atoms with van der Waals surface area (Å²) in [7, 11) is 1.69. The van der Waals surface area contributed by atoms with Gasteiger partial charge in [0.1, 0.15) is 0 Å². The Morgan fingerprint density at radius 3 is 1.74 bits per heavy atom.